The fourth-order valence-electron chi connectivity index (χ4n) is 2.24. The van der Waals surface area contributed by atoms with Gasteiger partial charge in [0, 0.05) is 13.0 Å². The molecule has 1 aromatic carbocycles. The van der Waals surface area contributed by atoms with Gasteiger partial charge in [-0.3, -0.25) is 19.3 Å². The molecule has 6 nitrogen and oxygen atoms in total. The lowest BCUT2D eigenvalue weighted by Gasteiger charge is -2.14. The molecule has 0 spiro atoms. The molecule has 1 fully saturated rings. The summed E-state index contributed by atoms with van der Waals surface area (Å²) >= 11 is 18.5. The second-order valence-corrected chi connectivity index (χ2v) is 8.17. The van der Waals surface area contributed by atoms with Gasteiger partial charge in [-0.15, -0.1) is 0 Å². The summed E-state index contributed by atoms with van der Waals surface area (Å²) in [4.78, 5) is 36.8. The number of carbonyl (C=O) groups excluding carboxylic acids is 2. The molecule has 0 bridgehead atoms. The van der Waals surface area contributed by atoms with E-state index in [9.17, 15) is 14.4 Å². The number of carboxylic acid groups (broad SMARTS) is 1. The van der Waals surface area contributed by atoms with Crippen LogP contribution in [0, 0.1) is 0 Å². The van der Waals surface area contributed by atoms with Crippen molar-refractivity contribution < 1.29 is 19.5 Å². The van der Waals surface area contributed by atoms with Crippen LogP contribution in [0.2, 0.25) is 10.0 Å². The lowest BCUT2D eigenvalue weighted by atomic mass is 10.2. The predicted octanol–water partition coefficient (Wildman–Crippen LogP) is 3.56. The van der Waals surface area contributed by atoms with Crippen molar-refractivity contribution in [3.63, 3.8) is 0 Å². The molecule has 27 heavy (non-hydrogen) atoms. The van der Waals surface area contributed by atoms with Gasteiger partial charge in [-0.1, -0.05) is 59.3 Å². The minimum atomic E-state index is -1.11. The van der Waals surface area contributed by atoms with Gasteiger partial charge in [0.2, 0.25) is 5.91 Å². The zero-order valence-corrected chi connectivity index (χ0v) is 17.3. The van der Waals surface area contributed by atoms with E-state index in [0.29, 0.717) is 31.3 Å². The first-order chi connectivity index (χ1) is 12.7. The molecule has 0 saturated carbocycles. The highest BCUT2D eigenvalue weighted by Gasteiger charge is 2.31. The molecular weight excluding hydrogens is 431 g/mol. The molecule has 1 aliphatic heterocycles. The molecular formula is C17H16Cl2N2O4S2. The average Bonchev–Trinajstić information content (AvgIpc) is 2.86. The number of nitrogens with one attached hydrogen (secondary N) is 1. The van der Waals surface area contributed by atoms with Gasteiger partial charge < -0.3 is 10.4 Å². The summed E-state index contributed by atoms with van der Waals surface area (Å²) in [5, 5.41) is 11.9. The summed E-state index contributed by atoms with van der Waals surface area (Å²) < 4.78 is 0.392. The van der Waals surface area contributed by atoms with E-state index in [4.69, 9.17) is 40.5 Å². The minimum Gasteiger partial charge on any atom is -0.480 e. The minimum absolute atomic E-state index is 0.0911. The number of hydrogen-bond donors (Lipinski definition) is 2. The Bertz CT molecular complexity index is 829. The molecule has 2 N–H and O–H groups in total. The summed E-state index contributed by atoms with van der Waals surface area (Å²) in [6, 6.07) is 4.18. The van der Waals surface area contributed by atoms with E-state index in [2.05, 4.69) is 5.32 Å². The lowest BCUT2D eigenvalue weighted by molar-refractivity contribution is -0.141. The Hall–Kier alpha value is -1.61. The summed E-state index contributed by atoms with van der Waals surface area (Å²) in [6.07, 6.45) is 2.08. The fourth-order valence-corrected chi connectivity index (χ4v) is 3.90. The van der Waals surface area contributed by atoms with Crippen molar-refractivity contribution in [1.29, 1.82) is 0 Å². The highest BCUT2D eigenvalue weighted by Crippen LogP contribution is 2.35. The van der Waals surface area contributed by atoms with Crippen molar-refractivity contribution in [1.82, 2.24) is 10.2 Å². The molecule has 1 heterocycles. The Balaban J connectivity index is 1.96. The average molecular weight is 447 g/mol. The van der Waals surface area contributed by atoms with Crippen molar-refractivity contribution in [3.8, 4) is 0 Å². The van der Waals surface area contributed by atoms with Gasteiger partial charge >= 0.3 is 5.97 Å². The van der Waals surface area contributed by atoms with E-state index in [0.717, 1.165) is 11.8 Å². The van der Waals surface area contributed by atoms with Crippen molar-refractivity contribution in [2.45, 2.75) is 25.8 Å². The first-order valence-electron chi connectivity index (χ1n) is 7.92. The third-order valence-electron chi connectivity index (χ3n) is 3.68. The van der Waals surface area contributed by atoms with Crippen molar-refractivity contribution in [2.75, 3.05) is 6.54 Å². The Morgan fingerprint density at radius 2 is 2.11 bits per heavy atom. The van der Waals surface area contributed by atoms with E-state index in [1.54, 1.807) is 24.3 Å². The second kappa shape index (κ2) is 9.54. The summed E-state index contributed by atoms with van der Waals surface area (Å²) in [7, 11) is 0. The third-order valence-corrected chi connectivity index (χ3v) is 5.89. The number of rotatable bonds is 7. The topological polar surface area (TPSA) is 86.7 Å². The molecule has 2 rings (SSSR count). The number of carboxylic acids is 1. The maximum Gasteiger partial charge on any atom is 0.325 e. The maximum absolute atomic E-state index is 12.6. The summed E-state index contributed by atoms with van der Waals surface area (Å²) in [6.45, 7) is 1.65. The number of thioether (sulfide) groups is 1. The Labute approximate surface area is 175 Å². The number of hydrogen-bond acceptors (Lipinski definition) is 5. The van der Waals surface area contributed by atoms with Crippen molar-refractivity contribution in [3.05, 3.63) is 38.7 Å². The Kier molecular flexibility index (Phi) is 7.67. The van der Waals surface area contributed by atoms with Crippen molar-refractivity contribution in [2.24, 2.45) is 0 Å². The molecule has 10 heteroatoms. The number of aliphatic carboxylic acids is 1. The molecule has 1 saturated heterocycles. The normalized spacial score (nSPS) is 16.7. The smallest absolute Gasteiger partial charge is 0.325 e. The van der Waals surface area contributed by atoms with Gasteiger partial charge in [0.25, 0.3) is 5.91 Å². The fraction of sp³-hybridized carbons (Fsp3) is 0.294. The van der Waals surface area contributed by atoms with Crippen LogP contribution >= 0.6 is 47.2 Å². The SMILES string of the molecule is CC(NC(=O)CCCN1C(=O)/C(=C/c2cccc(Cl)c2Cl)SC1=S)C(=O)O. The quantitative estimate of drug-likeness (QED) is 0.491. The molecule has 0 aromatic heterocycles. The molecule has 1 aromatic rings. The van der Waals surface area contributed by atoms with E-state index in [1.807, 2.05) is 0 Å². The van der Waals surface area contributed by atoms with Crippen LogP contribution in [0.4, 0.5) is 0 Å². The lowest BCUT2D eigenvalue weighted by Crippen LogP contribution is -2.38. The highest BCUT2D eigenvalue weighted by atomic mass is 35.5. The zero-order chi connectivity index (χ0) is 20.1. The van der Waals surface area contributed by atoms with E-state index >= 15 is 0 Å². The molecule has 2 amide bonds. The zero-order valence-electron chi connectivity index (χ0n) is 14.2. The largest absolute Gasteiger partial charge is 0.480 e. The number of nitrogens with zero attached hydrogens (tertiary/aromatic N) is 1. The van der Waals surface area contributed by atoms with Gasteiger partial charge in [-0.2, -0.15) is 0 Å². The predicted molar refractivity (Wildman–Crippen MR) is 111 cm³/mol. The van der Waals surface area contributed by atoms with Crippen LogP contribution in [0.5, 0.6) is 0 Å². The third kappa shape index (κ3) is 5.68. The number of benzene rings is 1. The maximum atomic E-state index is 12.6. The van der Waals surface area contributed by atoms with E-state index in [1.165, 1.54) is 11.8 Å². The molecule has 1 aliphatic rings. The van der Waals surface area contributed by atoms with Crippen LogP contribution in [0.1, 0.15) is 25.3 Å². The monoisotopic (exact) mass is 446 g/mol. The summed E-state index contributed by atoms with van der Waals surface area (Å²) in [5.74, 6) is -1.76. The van der Waals surface area contributed by atoms with Crippen LogP contribution < -0.4 is 5.32 Å². The number of carbonyl (C=O) groups is 3. The van der Waals surface area contributed by atoms with Gasteiger partial charge in [-0.05, 0) is 31.1 Å². The van der Waals surface area contributed by atoms with E-state index < -0.39 is 17.9 Å². The summed E-state index contributed by atoms with van der Waals surface area (Å²) in [5.41, 5.74) is 0.617. The van der Waals surface area contributed by atoms with Crippen LogP contribution in [0.3, 0.4) is 0 Å². The standard InChI is InChI=1S/C17H16Cl2N2O4S2/c1-9(16(24)25)20-13(22)6-3-7-21-15(23)12(27-17(21)26)8-10-4-2-5-11(18)14(10)19/h2,4-5,8-9H,3,6-7H2,1H3,(H,20,22)(H,24,25)/b12-8-. The molecule has 0 radical (unpaired) electrons. The van der Waals surface area contributed by atoms with E-state index in [-0.39, 0.29) is 18.9 Å². The molecule has 144 valence electrons. The van der Waals surface area contributed by atoms with Gasteiger partial charge in [0.15, 0.2) is 0 Å². The van der Waals surface area contributed by atoms with Crippen LogP contribution in [0.25, 0.3) is 6.08 Å². The number of amides is 2. The van der Waals surface area contributed by atoms with Crippen LogP contribution in [0.15, 0.2) is 23.1 Å². The first-order valence-corrected chi connectivity index (χ1v) is 9.90. The molecule has 1 unspecified atom stereocenters. The van der Waals surface area contributed by atoms with Crippen LogP contribution in [-0.4, -0.2) is 44.7 Å². The van der Waals surface area contributed by atoms with Gasteiger partial charge in [0.1, 0.15) is 10.4 Å². The van der Waals surface area contributed by atoms with Gasteiger partial charge in [-0.25, -0.2) is 0 Å². The molecule has 0 aliphatic carbocycles. The number of halogens is 2. The van der Waals surface area contributed by atoms with Crippen molar-refractivity contribution >= 4 is 75.4 Å². The molecule has 1 atom stereocenters. The Morgan fingerprint density at radius 3 is 2.78 bits per heavy atom. The first kappa shape index (κ1) is 21.7. The van der Waals surface area contributed by atoms with Crippen LogP contribution in [-0.2, 0) is 14.4 Å². The number of thiocarbonyl (C=S) groups is 1. The highest BCUT2D eigenvalue weighted by molar-refractivity contribution is 8.26. The van der Waals surface area contributed by atoms with Gasteiger partial charge in [0.05, 0.1) is 15.0 Å². The Morgan fingerprint density at radius 1 is 1.41 bits per heavy atom. The second-order valence-electron chi connectivity index (χ2n) is 5.71.